The Bertz CT molecular complexity index is 547. The largest absolute Gasteiger partial charge is 0.351 e. The van der Waals surface area contributed by atoms with E-state index in [-0.39, 0.29) is 16.9 Å². The minimum atomic E-state index is -0.576. The molecule has 0 saturated heterocycles. The predicted molar refractivity (Wildman–Crippen MR) is 82.3 cm³/mol. The van der Waals surface area contributed by atoms with Gasteiger partial charge in [-0.2, -0.15) is 11.8 Å². The third-order valence-corrected chi connectivity index (χ3v) is 4.03. The number of halogens is 1. The van der Waals surface area contributed by atoms with Crippen molar-refractivity contribution in [3.63, 3.8) is 0 Å². The lowest BCUT2D eigenvalue weighted by Crippen LogP contribution is -2.36. The van der Waals surface area contributed by atoms with E-state index >= 15 is 0 Å². The highest BCUT2D eigenvalue weighted by atomic mass is 32.2. The van der Waals surface area contributed by atoms with Crippen LogP contribution < -0.4 is 11.1 Å². The molecule has 0 aliphatic rings. The van der Waals surface area contributed by atoms with Gasteiger partial charge in [0, 0.05) is 16.9 Å². The highest BCUT2D eigenvalue weighted by Crippen LogP contribution is 2.20. The molecule has 1 aromatic carbocycles. The number of hydrogen-bond acceptors (Lipinski definition) is 3. The summed E-state index contributed by atoms with van der Waals surface area (Å²) in [5.41, 5.74) is 5.79. The Hall–Kier alpha value is -1.51. The first-order valence-corrected chi connectivity index (χ1v) is 7.44. The quantitative estimate of drug-likeness (QED) is 0.835. The second-order valence-corrected chi connectivity index (χ2v) is 6.36. The van der Waals surface area contributed by atoms with E-state index in [1.54, 1.807) is 17.8 Å². The lowest BCUT2D eigenvalue weighted by atomic mass is 10.1. The molecule has 0 radical (unpaired) electrons. The van der Waals surface area contributed by atoms with E-state index in [1.807, 2.05) is 20.1 Å². The highest BCUT2D eigenvalue weighted by Gasteiger charge is 2.19. The second kappa shape index (κ2) is 7.32. The number of rotatable bonds is 4. The Morgan fingerprint density at radius 3 is 2.75 bits per heavy atom. The Morgan fingerprint density at radius 2 is 2.20 bits per heavy atom. The van der Waals surface area contributed by atoms with E-state index in [4.69, 9.17) is 5.73 Å². The highest BCUT2D eigenvalue weighted by molar-refractivity contribution is 7.99. The number of nitrogens with two attached hydrogens (primary N) is 1. The molecule has 108 valence electrons. The summed E-state index contributed by atoms with van der Waals surface area (Å²) in [7, 11) is 0. The van der Waals surface area contributed by atoms with Gasteiger partial charge in [0.15, 0.2) is 0 Å². The van der Waals surface area contributed by atoms with Gasteiger partial charge in [0.2, 0.25) is 0 Å². The second-order valence-electron chi connectivity index (χ2n) is 4.85. The van der Waals surface area contributed by atoms with Gasteiger partial charge in [0.05, 0.1) is 12.1 Å². The predicted octanol–water partition coefficient (Wildman–Crippen LogP) is 2.01. The number of thioether (sulfide) groups is 1. The van der Waals surface area contributed by atoms with Crippen LogP contribution in [0.3, 0.4) is 0 Å². The van der Waals surface area contributed by atoms with E-state index < -0.39 is 11.7 Å². The zero-order valence-corrected chi connectivity index (χ0v) is 12.7. The first-order chi connectivity index (χ1) is 9.39. The van der Waals surface area contributed by atoms with Crippen LogP contribution in [0.15, 0.2) is 18.2 Å². The van der Waals surface area contributed by atoms with Gasteiger partial charge < -0.3 is 11.1 Å². The molecule has 0 aliphatic carbocycles. The van der Waals surface area contributed by atoms with E-state index in [9.17, 15) is 9.18 Å². The lowest BCUT2D eigenvalue weighted by Gasteiger charge is -2.22. The molecule has 0 aliphatic heterocycles. The molecular formula is C15H19FN2OS. The molecule has 1 rings (SSSR count). The zero-order valence-electron chi connectivity index (χ0n) is 11.9. The Balaban J connectivity index is 2.79. The number of nitrogens with one attached hydrogen (secondary N) is 1. The number of carbonyl (C=O) groups is 1. The van der Waals surface area contributed by atoms with Gasteiger partial charge in [-0.3, -0.25) is 4.79 Å². The molecule has 20 heavy (non-hydrogen) atoms. The Morgan fingerprint density at radius 1 is 1.50 bits per heavy atom. The molecule has 5 heteroatoms. The van der Waals surface area contributed by atoms with Gasteiger partial charge in [-0.15, -0.1) is 0 Å². The summed E-state index contributed by atoms with van der Waals surface area (Å²) in [5, 5.41) is 2.74. The van der Waals surface area contributed by atoms with Crippen molar-refractivity contribution < 1.29 is 9.18 Å². The summed E-state index contributed by atoms with van der Waals surface area (Å²) >= 11 is 1.64. The fourth-order valence-corrected chi connectivity index (χ4v) is 1.61. The van der Waals surface area contributed by atoms with Gasteiger partial charge in [-0.05, 0) is 38.3 Å². The fourth-order valence-electron chi connectivity index (χ4n) is 1.39. The van der Waals surface area contributed by atoms with Crippen molar-refractivity contribution >= 4 is 17.7 Å². The summed E-state index contributed by atoms with van der Waals surface area (Å²) in [6.07, 6.45) is 1.97. The van der Waals surface area contributed by atoms with Crippen LogP contribution in [0.25, 0.3) is 0 Å². The van der Waals surface area contributed by atoms with Gasteiger partial charge in [0.1, 0.15) is 5.82 Å². The van der Waals surface area contributed by atoms with Crippen molar-refractivity contribution in [3.05, 3.63) is 35.1 Å². The number of hydrogen-bond donors (Lipinski definition) is 2. The summed E-state index contributed by atoms with van der Waals surface area (Å²) in [6, 6.07) is 4.30. The van der Waals surface area contributed by atoms with Crippen LogP contribution in [0.4, 0.5) is 4.39 Å². The maximum absolute atomic E-state index is 13.9. The van der Waals surface area contributed by atoms with Gasteiger partial charge in [-0.25, -0.2) is 4.39 Å². The number of carbonyl (C=O) groups excluding carboxylic acids is 1. The summed E-state index contributed by atoms with van der Waals surface area (Å²) in [4.78, 5) is 11.9. The average molecular weight is 294 g/mol. The molecule has 3 N–H and O–H groups in total. The van der Waals surface area contributed by atoms with E-state index in [1.165, 1.54) is 12.1 Å². The summed E-state index contributed by atoms with van der Waals surface area (Å²) in [6.45, 7) is 4.72. The molecule has 0 atom stereocenters. The molecule has 0 unspecified atom stereocenters. The molecule has 0 fully saturated rings. The standard InChI is InChI=1S/C15H19FN2OS/c1-15(2,20-3)10-18-14(19)12-7-6-11(5-4-8-17)9-13(12)16/h6-7,9H,8,10,17H2,1-3H3,(H,18,19). The topological polar surface area (TPSA) is 55.1 Å². The van der Waals surface area contributed by atoms with Crippen molar-refractivity contribution in [2.75, 3.05) is 19.3 Å². The van der Waals surface area contributed by atoms with Gasteiger partial charge in [0.25, 0.3) is 5.91 Å². The van der Waals surface area contributed by atoms with Gasteiger partial charge in [-0.1, -0.05) is 11.8 Å². The van der Waals surface area contributed by atoms with Crippen molar-refractivity contribution in [1.82, 2.24) is 5.32 Å². The average Bonchev–Trinajstić information content (AvgIpc) is 2.42. The molecule has 0 saturated carbocycles. The number of amides is 1. The minimum Gasteiger partial charge on any atom is -0.351 e. The maximum Gasteiger partial charge on any atom is 0.254 e. The monoisotopic (exact) mass is 294 g/mol. The molecule has 0 bridgehead atoms. The van der Waals surface area contributed by atoms with Crippen LogP contribution in [-0.2, 0) is 0 Å². The van der Waals surface area contributed by atoms with Crippen LogP contribution in [0.1, 0.15) is 29.8 Å². The van der Waals surface area contributed by atoms with Crippen LogP contribution >= 0.6 is 11.8 Å². The van der Waals surface area contributed by atoms with Crippen molar-refractivity contribution in [1.29, 1.82) is 0 Å². The Labute approximate surface area is 123 Å². The first-order valence-electron chi connectivity index (χ1n) is 6.21. The molecule has 0 aromatic heterocycles. The van der Waals surface area contributed by atoms with Crippen LogP contribution in [0.5, 0.6) is 0 Å². The van der Waals surface area contributed by atoms with Crippen molar-refractivity contribution in [2.45, 2.75) is 18.6 Å². The molecule has 0 heterocycles. The molecule has 3 nitrogen and oxygen atoms in total. The zero-order chi connectivity index (χ0) is 15.2. The SMILES string of the molecule is CSC(C)(C)CNC(=O)c1ccc(C#CCN)cc1F. The van der Waals surface area contributed by atoms with Crippen molar-refractivity contribution in [2.24, 2.45) is 5.73 Å². The third-order valence-electron chi connectivity index (χ3n) is 2.78. The van der Waals surface area contributed by atoms with E-state index in [2.05, 4.69) is 17.2 Å². The van der Waals surface area contributed by atoms with E-state index in [0.717, 1.165) is 0 Å². The van der Waals surface area contributed by atoms with Gasteiger partial charge >= 0.3 is 0 Å². The normalized spacial score (nSPS) is 10.7. The lowest BCUT2D eigenvalue weighted by molar-refractivity contribution is 0.0947. The number of benzene rings is 1. The third kappa shape index (κ3) is 4.87. The molecule has 1 amide bonds. The fraction of sp³-hybridized carbons (Fsp3) is 0.400. The van der Waals surface area contributed by atoms with Crippen LogP contribution in [-0.4, -0.2) is 30.0 Å². The molecule has 1 aromatic rings. The molecular weight excluding hydrogens is 275 g/mol. The molecule has 0 spiro atoms. The summed E-state index contributed by atoms with van der Waals surface area (Å²) < 4.78 is 13.8. The first kappa shape index (κ1) is 16.5. The van der Waals surface area contributed by atoms with Crippen LogP contribution in [0.2, 0.25) is 0 Å². The summed E-state index contributed by atoms with van der Waals surface area (Å²) in [5.74, 6) is 4.38. The Kier molecular flexibility index (Phi) is 6.05. The van der Waals surface area contributed by atoms with Crippen LogP contribution in [0, 0.1) is 17.7 Å². The smallest absolute Gasteiger partial charge is 0.254 e. The maximum atomic E-state index is 13.9. The van der Waals surface area contributed by atoms with E-state index in [0.29, 0.717) is 12.1 Å². The minimum absolute atomic E-state index is 0.0280. The van der Waals surface area contributed by atoms with Crippen molar-refractivity contribution in [3.8, 4) is 11.8 Å².